The summed E-state index contributed by atoms with van der Waals surface area (Å²) in [7, 11) is -7.08. The highest BCUT2D eigenvalue weighted by Gasteiger charge is 2.50. The largest absolute Gasteiger partial charge is 0.407 e. The molecule has 3 aromatic rings. The predicted molar refractivity (Wildman–Crippen MR) is 199 cm³/mol. The molecule has 1 aliphatic carbocycles. The van der Waals surface area contributed by atoms with Crippen molar-refractivity contribution < 1.29 is 27.7 Å². The number of carbonyl (C=O) groups is 1. The van der Waals surface area contributed by atoms with Gasteiger partial charge in [-0.15, -0.1) is 11.8 Å². The van der Waals surface area contributed by atoms with Crippen molar-refractivity contribution in [2.75, 3.05) is 19.8 Å². The van der Waals surface area contributed by atoms with Gasteiger partial charge in [-0.1, -0.05) is 99.6 Å². The van der Waals surface area contributed by atoms with Crippen LogP contribution in [0.1, 0.15) is 65.7 Å². The van der Waals surface area contributed by atoms with Gasteiger partial charge < -0.3 is 9.53 Å². The first kappa shape index (κ1) is 38.9. The fourth-order valence-corrected chi connectivity index (χ4v) is 12.5. The number of hydrogen-bond acceptors (Lipinski definition) is 7. The van der Waals surface area contributed by atoms with E-state index in [2.05, 4.69) is 61.6 Å². The number of nitrogens with zero attached hydrogens (tertiary/aromatic N) is 1. The minimum absolute atomic E-state index is 0.00449. The second-order valence-corrected chi connectivity index (χ2v) is 19.7. The molecule has 0 saturated carbocycles. The molecule has 0 heterocycles. The van der Waals surface area contributed by atoms with E-state index in [0.717, 1.165) is 16.8 Å². The van der Waals surface area contributed by atoms with Gasteiger partial charge in [0.1, 0.15) is 0 Å². The number of unbranched alkanes of at least 4 members (excludes halogenated alkanes) is 2. The van der Waals surface area contributed by atoms with Gasteiger partial charge in [0.15, 0.2) is 10.7 Å². The number of ketones is 1. The maximum atomic E-state index is 13.5. The molecule has 2 atom stereocenters. The summed E-state index contributed by atoms with van der Waals surface area (Å²) < 4.78 is 36.2. The molecule has 0 saturated heterocycles. The van der Waals surface area contributed by atoms with Crippen LogP contribution in [0.4, 0.5) is 5.69 Å². The first-order chi connectivity index (χ1) is 23.9. The van der Waals surface area contributed by atoms with Crippen LogP contribution in [0.2, 0.25) is 5.04 Å². The van der Waals surface area contributed by atoms with Crippen LogP contribution >= 0.6 is 0 Å². The predicted octanol–water partition coefficient (Wildman–Crippen LogP) is 5.92. The van der Waals surface area contributed by atoms with Gasteiger partial charge in [0.25, 0.3) is 14.0 Å². The van der Waals surface area contributed by atoms with Gasteiger partial charge in [-0.2, -0.15) is 0 Å². The van der Waals surface area contributed by atoms with Crippen molar-refractivity contribution in [2.45, 2.75) is 75.7 Å². The number of aliphatic hydroxyl groups is 1. The lowest BCUT2D eigenvalue weighted by Crippen LogP contribution is -2.67. The SMILES string of the molecule is CC(C)(C)[Si](OC[C@H]1C=C(CCC#CCCCCO)C(=O)C[C@@H]1CCNS(=O)(=O)c1ccccc1[N+](=O)[O-])(c1ccccc1)c1ccccc1. The summed E-state index contributed by atoms with van der Waals surface area (Å²) in [6.07, 6.45) is 5.89. The molecule has 1 aliphatic rings. The average Bonchev–Trinajstić information content (AvgIpc) is 3.09. The molecule has 3 aromatic carbocycles. The van der Waals surface area contributed by atoms with E-state index in [1.165, 1.54) is 24.3 Å². The van der Waals surface area contributed by atoms with E-state index in [0.29, 0.717) is 44.3 Å². The van der Waals surface area contributed by atoms with E-state index in [1.807, 2.05) is 42.5 Å². The van der Waals surface area contributed by atoms with E-state index in [4.69, 9.17) is 9.53 Å². The number of carbonyl (C=O) groups excluding carboxylic acids is 1. The Morgan fingerprint density at radius 1 is 0.940 bits per heavy atom. The maximum Gasteiger partial charge on any atom is 0.289 e. The van der Waals surface area contributed by atoms with E-state index >= 15 is 0 Å². The van der Waals surface area contributed by atoms with E-state index < -0.39 is 33.8 Å². The topological polar surface area (TPSA) is 136 Å². The van der Waals surface area contributed by atoms with Crippen molar-refractivity contribution in [3.05, 3.63) is 107 Å². The van der Waals surface area contributed by atoms with Crippen LogP contribution in [-0.2, 0) is 19.2 Å². The Balaban J connectivity index is 1.63. The van der Waals surface area contributed by atoms with E-state index in [-0.39, 0.29) is 42.2 Å². The fraction of sp³-hybridized carbons (Fsp3) is 0.410. The minimum atomic E-state index is -4.17. The molecule has 9 nitrogen and oxygen atoms in total. The summed E-state index contributed by atoms with van der Waals surface area (Å²) in [6, 6.07) is 25.9. The molecule has 0 aromatic heterocycles. The molecule has 0 fully saturated rings. The molecule has 11 heteroatoms. The number of nitrogens with one attached hydrogen (secondary N) is 1. The number of benzene rings is 3. The Morgan fingerprint density at radius 2 is 1.54 bits per heavy atom. The zero-order valence-electron chi connectivity index (χ0n) is 29.1. The fourth-order valence-electron chi connectivity index (χ4n) is 6.70. The Morgan fingerprint density at radius 3 is 2.14 bits per heavy atom. The summed E-state index contributed by atoms with van der Waals surface area (Å²) in [4.78, 5) is 23.9. The lowest BCUT2D eigenvalue weighted by atomic mass is 9.77. The summed E-state index contributed by atoms with van der Waals surface area (Å²) in [5, 5.41) is 22.5. The van der Waals surface area contributed by atoms with Crippen LogP contribution in [0.3, 0.4) is 0 Å². The summed E-state index contributed by atoms with van der Waals surface area (Å²) >= 11 is 0. The van der Waals surface area contributed by atoms with Crippen molar-refractivity contribution in [1.82, 2.24) is 4.72 Å². The van der Waals surface area contributed by atoms with Gasteiger partial charge in [0, 0.05) is 51.0 Å². The third-order valence-corrected chi connectivity index (χ3v) is 15.8. The normalized spacial score (nSPS) is 16.7. The van der Waals surface area contributed by atoms with Crippen molar-refractivity contribution in [1.29, 1.82) is 0 Å². The van der Waals surface area contributed by atoms with E-state index in [9.17, 15) is 23.3 Å². The first-order valence-electron chi connectivity index (χ1n) is 17.2. The third-order valence-electron chi connectivity index (χ3n) is 9.25. The molecular formula is C39H48N2O7SSi. The Bertz CT molecular complexity index is 1760. The molecule has 50 heavy (non-hydrogen) atoms. The van der Waals surface area contributed by atoms with Gasteiger partial charge >= 0.3 is 0 Å². The van der Waals surface area contributed by atoms with Gasteiger partial charge in [-0.05, 0) is 58.7 Å². The minimum Gasteiger partial charge on any atom is -0.407 e. The zero-order valence-corrected chi connectivity index (χ0v) is 31.0. The Labute approximate surface area is 297 Å². The van der Waals surface area contributed by atoms with Crippen LogP contribution in [-0.4, -0.2) is 52.3 Å². The molecule has 2 N–H and O–H groups in total. The Kier molecular flexibility index (Phi) is 13.9. The molecule has 0 spiro atoms. The number of aliphatic hydroxyl groups excluding tert-OH is 1. The number of rotatable bonds is 16. The van der Waals surface area contributed by atoms with Crippen molar-refractivity contribution in [3.63, 3.8) is 0 Å². The quantitative estimate of drug-likeness (QED) is 0.0618. The van der Waals surface area contributed by atoms with Gasteiger partial charge in [0.2, 0.25) is 10.0 Å². The van der Waals surface area contributed by atoms with Crippen molar-refractivity contribution in [2.24, 2.45) is 11.8 Å². The smallest absolute Gasteiger partial charge is 0.289 e. The molecule has 0 bridgehead atoms. The average molecular weight is 717 g/mol. The van der Waals surface area contributed by atoms with Crippen molar-refractivity contribution >= 4 is 40.2 Å². The molecular weight excluding hydrogens is 669 g/mol. The highest BCUT2D eigenvalue weighted by atomic mass is 32.2. The zero-order chi connectivity index (χ0) is 36.2. The van der Waals surface area contributed by atoms with Crippen LogP contribution < -0.4 is 15.1 Å². The number of Topliss-reactive ketones (excluding diaryl/α,β-unsaturated/α-hetero) is 1. The number of allylic oxidation sites excluding steroid dienone is 1. The summed E-state index contributed by atoms with van der Waals surface area (Å²) in [5.74, 6) is 5.91. The van der Waals surface area contributed by atoms with Crippen LogP contribution in [0, 0.1) is 33.8 Å². The Hall–Kier alpha value is -3.92. The molecule has 0 amide bonds. The lowest BCUT2D eigenvalue weighted by molar-refractivity contribution is -0.387. The molecule has 266 valence electrons. The van der Waals surface area contributed by atoms with E-state index in [1.54, 1.807) is 0 Å². The molecule has 4 rings (SSSR count). The van der Waals surface area contributed by atoms with Crippen LogP contribution in [0.5, 0.6) is 0 Å². The number of para-hydroxylation sites is 1. The maximum absolute atomic E-state index is 13.5. The monoisotopic (exact) mass is 716 g/mol. The number of sulfonamides is 1. The standard InChI is InChI=1S/C39H48N2O7SSi/c1-39(2,3)50(34-19-11-8-12-20-34,35-21-13-9-14-22-35)48-30-33-28-32(18-10-6-4-5-7-17-27-42)37(43)29-31(33)25-26-40-49(46,47)38-24-16-15-23-36(38)41(44)45/h8-9,11-16,19-24,28,31,33,40,42H,5,7,10,17-18,25-27,29-30H2,1-3H3/t31-,33+/m0/s1. The van der Waals surface area contributed by atoms with Crippen LogP contribution in [0.25, 0.3) is 0 Å². The molecule has 0 aliphatic heterocycles. The first-order valence-corrected chi connectivity index (χ1v) is 20.6. The van der Waals surface area contributed by atoms with Crippen LogP contribution in [0.15, 0.2) is 101 Å². The number of nitro groups is 1. The lowest BCUT2D eigenvalue weighted by Gasteiger charge is -2.44. The van der Waals surface area contributed by atoms with Crippen molar-refractivity contribution in [3.8, 4) is 11.8 Å². The second-order valence-electron chi connectivity index (χ2n) is 13.7. The third kappa shape index (κ3) is 9.65. The number of hydrogen-bond donors (Lipinski definition) is 2. The molecule has 0 unspecified atom stereocenters. The second kappa shape index (κ2) is 17.8. The summed E-state index contributed by atoms with van der Waals surface area (Å²) in [6.45, 7) is 7.11. The highest BCUT2D eigenvalue weighted by Crippen LogP contribution is 2.39. The summed E-state index contributed by atoms with van der Waals surface area (Å²) in [5.41, 5.74) is 0.218. The van der Waals surface area contributed by atoms with Gasteiger partial charge in [-0.25, -0.2) is 13.1 Å². The van der Waals surface area contributed by atoms with Gasteiger partial charge in [0.05, 0.1) is 4.92 Å². The highest BCUT2D eigenvalue weighted by molar-refractivity contribution is 7.89. The van der Waals surface area contributed by atoms with Gasteiger partial charge in [-0.3, -0.25) is 14.9 Å². The number of nitro benzene ring substituents is 1. The molecule has 0 radical (unpaired) electrons.